The van der Waals surface area contributed by atoms with Gasteiger partial charge in [-0.2, -0.15) is 0 Å². The Kier molecular flexibility index (Phi) is 7.19. The SMILES string of the molecule is C=CCc1cccc([C@H]2C3=CC[C@@H]4C(=O)N(c5ccc(Cl)cc5)C(=O)[C@@H]4[C@@H]3C[C@@]3(Cl)C(=O)N(c4ccc(F)cc4)C(=O)[C@@]23Cl)c1O. The summed E-state index contributed by atoms with van der Waals surface area (Å²) < 4.78 is 13.9. The molecule has 3 aromatic carbocycles. The van der Waals surface area contributed by atoms with E-state index in [1.54, 1.807) is 54.6 Å². The smallest absolute Gasteiger partial charge is 0.258 e. The molecular weight excluding hydrogens is 654 g/mol. The minimum absolute atomic E-state index is 0.0742. The molecule has 4 amide bonds. The van der Waals surface area contributed by atoms with Crippen molar-refractivity contribution in [3.8, 4) is 5.75 Å². The number of phenols is 1. The molecular formula is C35H26Cl3FN2O5. The molecule has 234 valence electrons. The second-order valence-corrected chi connectivity index (χ2v) is 13.8. The second-order valence-electron chi connectivity index (χ2n) is 12.1. The third-order valence-corrected chi connectivity index (χ3v) is 11.5. The summed E-state index contributed by atoms with van der Waals surface area (Å²) >= 11 is 20.8. The molecule has 2 aliphatic carbocycles. The second kappa shape index (κ2) is 10.8. The van der Waals surface area contributed by atoms with Crippen molar-refractivity contribution in [1.29, 1.82) is 0 Å². The number of amides is 4. The van der Waals surface area contributed by atoms with Gasteiger partial charge in [-0.15, -0.1) is 29.8 Å². The maximum atomic E-state index is 14.5. The van der Waals surface area contributed by atoms with E-state index in [0.29, 0.717) is 28.3 Å². The Morgan fingerprint density at radius 3 is 2.22 bits per heavy atom. The molecule has 4 aliphatic rings. The van der Waals surface area contributed by atoms with Gasteiger partial charge in [0, 0.05) is 16.5 Å². The molecule has 0 unspecified atom stereocenters. The molecule has 7 nitrogen and oxygen atoms in total. The average Bonchev–Trinajstić information content (AvgIpc) is 3.37. The van der Waals surface area contributed by atoms with Crippen LogP contribution >= 0.6 is 34.8 Å². The zero-order valence-electron chi connectivity index (χ0n) is 24.1. The van der Waals surface area contributed by atoms with E-state index in [9.17, 15) is 28.7 Å². The van der Waals surface area contributed by atoms with Crippen LogP contribution in [-0.2, 0) is 25.6 Å². The molecule has 3 aromatic rings. The highest BCUT2D eigenvalue weighted by molar-refractivity contribution is 6.58. The van der Waals surface area contributed by atoms with E-state index in [2.05, 4.69) is 6.58 Å². The summed E-state index contributed by atoms with van der Waals surface area (Å²) in [4.78, 5) is 54.5. The van der Waals surface area contributed by atoms with Crippen LogP contribution in [0.25, 0.3) is 0 Å². The van der Waals surface area contributed by atoms with Crippen LogP contribution < -0.4 is 9.80 Å². The fourth-order valence-electron chi connectivity index (χ4n) is 7.75. The van der Waals surface area contributed by atoms with Crippen molar-refractivity contribution in [3.05, 3.63) is 113 Å². The van der Waals surface area contributed by atoms with Crippen molar-refractivity contribution in [2.75, 3.05) is 9.80 Å². The van der Waals surface area contributed by atoms with Crippen molar-refractivity contribution >= 4 is 69.8 Å². The number of hydrogen-bond donors (Lipinski definition) is 1. The van der Waals surface area contributed by atoms with E-state index >= 15 is 0 Å². The van der Waals surface area contributed by atoms with Crippen molar-refractivity contribution in [1.82, 2.24) is 0 Å². The molecule has 0 aromatic heterocycles. The molecule has 0 spiro atoms. The van der Waals surface area contributed by atoms with Crippen molar-refractivity contribution in [2.45, 2.75) is 34.9 Å². The minimum Gasteiger partial charge on any atom is -0.507 e. The zero-order valence-corrected chi connectivity index (χ0v) is 26.4. The van der Waals surface area contributed by atoms with E-state index < -0.39 is 62.9 Å². The summed E-state index contributed by atoms with van der Waals surface area (Å²) in [6.07, 6.45) is 3.65. The Labute approximate surface area is 278 Å². The number of allylic oxidation sites excluding steroid dienone is 3. The molecule has 0 bridgehead atoms. The number of para-hydroxylation sites is 1. The molecule has 2 saturated heterocycles. The Hall–Kier alpha value is -3.98. The van der Waals surface area contributed by atoms with Crippen LogP contribution in [0, 0.1) is 23.6 Å². The van der Waals surface area contributed by atoms with Gasteiger partial charge in [0.1, 0.15) is 11.6 Å². The normalized spacial score (nSPS) is 30.2. The van der Waals surface area contributed by atoms with E-state index in [1.807, 2.05) is 0 Å². The molecule has 7 rings (SSSR count). The quantitative estimate of drug-likeness (QED) is 0.185. The molecule has 46 heavy (non-hydrogen) atoms. The number of fused-ring (bicyclic) bond motifs is 4. The molecule has 1 N–H and O–H groups in total. The summed E-state index contributed by atoms with van der Waals surface area (Å²) in [6, 6.07) is 16.2. The first kappa shape index (κ1) is 30.7. The lowest BCUT2D eigenvalue weighted by Gasteiger charge is -2.50. The fourth-order valence-corrected chi connectivity index (χ4v) is 8.81. The van der Waals surface area contributed by atoms with E-state index in [1.165, 1.54) is 12.1 Å². The van der Waals surface area contributed by atoms with Crippen LogP contribution in [-0.4, -0.2) is 38.5 Å². The largest absolute Gasteiger partial charge is 0.507 e. The van der Waals surface area contributed by atoms with E-state index in [4.69, 9.17) is 34.8 Å². The number of hydrogen-bond acceptors (Lipinski definition) is 5. The summed E-state index contributed by atoms with van der Waals surface area (Å²) in [5.74, 6) is -6.85. The van der Waals surface area contributed by atoms with Gasteiger partial charge >= 0.3 is 0 Å². The van der Waals surface area contributed by atoms with Crippen molar-refractivity contribution < 1.29 is 28.7 Å². The highest BCUT2D eigenvalue weighted by Gasteiger charge is 2.77. The predicted octanol–water partition coefficient (Wildman–Crippen LogP) is 6.68. The monoisotopic (exact) mass is 678 g/mol. The molecule has 2 aliphatic heterocycles. The van der Waals surface area contributed by atoms with Gasteiger partial charge in [-0.3, -0.25) is 24.1 Å². The first-order chi connectivity index (χ1) is 21.9. The number of anilines is 2. The van der Waals surface area contributed by atoms with E-state index in [-0.39, 0.29) is 29.8 Å². The topological polar surface area (TPSA) is 95.0 Å². The highest BCUT2D eigenvalue weighted by atomic mass is 35.5. The summed E-state index contributed by atoms with van der Waals surface area (Å²) in [7, 11) is 0. The van der Waals surface area contributed by atoms with Gasteiger partial charge in [-0.25, -0.2) is 9.29 Å². The number of aromatic hydroxyl groups is 1. The highest BCUT2D eigenvalue weighted by Crippen LogP contribution is 2.66. The van der Waals surface area contributed by atoms with Gasteiger partial charge in [0.25, 0.3) is 11.8 Å². The number of rotatable bonds is 5. The Morgan fingerprint density at radius 1 is 0.891 bits per heavy atom. The molecule has 11 heteroatoms. The Bertz CT molecular complexity index is 1880. The number of nitrogens with zero attached hydrogens (tertiary/aromatic N) is 2. The first-order valence-electron chi connectivity index (χ1n) is 14.7. The lowest BCUT2D eigenvalue weighted by molar-refractivity contribution is -0.125. The molecule has 3 fully saturated rings. The van der Waals surface area contributed by atoms with Gasteiger partial charge in [-0.1, -0.05) is 47.5 Å². The molecule has 6 atom stereocenters. The number of imide groups is 2. The number of alkyl halides is 2. The van der Waals surface area contributed by atoms with Crippen LogP contribution in [0.3, 0.4) is 0 Å². The summed E-state index contributed by atoms with van der Waals surface area (Å²) in [6.45, 7) is 3.76. The van der Waals surface area contributed by atoms with Gasteiger partial charge < -0.3 is 5.11 Å². The Morgan fingerprint density at radius 2 is 1.54 bits per heavy atom. The number of halogens is 4. The standard InChI is InChI=1S/C35H26Cl3FN2O5/c1-2-4-18-5-3-6-25(29(18)42)28-23-15-16-24-27(31(44)40(30(24)43)21-11-7-19(36)8-12-21)26(23)17-34(37)32(45)41(33(46)35(28,34)38)22-13-9-20(39)10-14-22/h2-3,5-15,24,26-28,42H,1,4,16-17H2/t24-,26+,27-,28+,34+,35-/m0/s1. The number of phenolic OH excluding ortho intramolecular Hbond substituents is 1. The fraction of sp³-hybridized carbons (Fsp3) is 0.257. The van der Waals surface area contributed by atoms with Crippen LogP contribution in [0.5, 0.6) is 5.75 Å². The third kappa shape index (κ3) is 4.09. The molecule has 1 saturated carbocycles. The van der Waals surface area contributed by atoms with Gasteiger partial charge in [-0.05, 0) is 79.3 Å². The van der Waals surface area contributed by atoms with Gasteiger partial charge in [0.15, 0.2) is 9.75 Å². The lowest BCUT2D eigenvalue weighted by Crippen LogP contribution is -2.60. The summed E-state index contributed by atoms with van der Waals surface area (Å²) in [5.41, 5.74) is 1.74. The van der Waals surface area contributed by atoms with Crippen molar-refractivity contribution in [3.63, 3.8) is 0 Å². The van der Waals surface area contributed by atoms with Crippen molar-refractivity contribution in [2.24, 2.45) is 17.8 Å². The molecule has 0 radical (unpaired) electrons. The van der Waals surface area contributed by atoms with Crippen LogP contribution in [0.4, 0.5) is 15.8 Å². The Balaban J connectivity index is 1.42. The van der Waals surface area contributed by atoms with Crippen LogP contribution in [0.1, 0.15) is 29.9 Å². The maximum Gasteiger partial charge on any atom is 0.258 e. The maximum absolute atomic E-state index is 14.5. The van der Waals surface area contributed by atoms with Crippen LogP contribution in [0.2, 0.25) is 5.02 Å². The number of carbonyl (C=O) groups is 4. The summed E-state index contributed by atoms with van der Waals surface area (Å²) in [5, 5.41) is 12.0. The third-order valence-electron chi connectivity index (χ3n) is 9.81. The average molecular weight is 680 g/mol. The first-order valence-corrected chi connectivity index (χ1v) is 15.8. The number of benzene rings is 3. The van der Waals surface area contributed by atoms with Gasteiger partial charge in [0.05, 0.1) is 23.2 Å². The zero-order chi connectivity index (χ0) is 32.7. The predicted molar refractivity (Wildman–Crippen MR) is 173 cm³/mol. The molecule has 2 heterocycles. The van der Waals surface area contributed by atoms with Gasteiger partial charge in [0.2, 0.25) is 11.8 Å². The number of carbonyl (C=O) groups excluding carboxylic acids is 4. The lowest BCUT2D eigenvalue weighted by atomic mass is 9.56. The van der Waals surface area contributed by atoms with Crippen LogP contribution in [0.15, 0.2) is 91.0 Å². The van der Waals surface area contributed by atoms with E-state index in [0.717, 1.165) is 21.9 Å². The minimum atomic E-state index is -2.15.